The molecule has 0 aromatic heterocycles. The molecule has 0 radical (unpaired) electrons. The quantitative estimate of drug-likeness (QED) is 0.784. The average molecular weight is 228 g/mol. The number of alkyl carbamates (subject to hydrolysis) is 1. The van der Waals surface area contributed by atoms with Crippen LogP contribution in [-0.2, 0) is 9.53 Å². The van der Waals surface area contributed by atoms with Crippen LogP contribution in [0.4, 0.5) is 4.79 Å². The molecule has 1 aliphatic heterocycles. The van der Waals surface area contributed by atoms with E-state index in [-0.39, 0.29) is 5.91 Å². The first-order chi connectivity index (χ1) is 7.74. The van der Waals surface area contributed by atoms with E-state index >= 15 is 0 Å². The standard InChI is InChI=1S/C11H20N2O3/c1-2-16-11(15)12-7-6-10(14)13-8-4-3-5-9-13/h2-9H2,1H3,(H,12,15). The highest BCUT2D eigenvalue weighted by Gasteiger charge is 2.15. The van der Waals surface area contributed by atoms with Gasteiger partial charge >= 0.3 is 6.09 Å². The number of rotatable bonds is 4. The monoisotopic (exact) mass is 228 g/mol. The van der Waals surface area contributed by atoms with Crippen molar-refractivity contribution in [3.8, 4) is 0 Å². The first kappa shape index (κ1) is 12.8. The van der Waals surface area contributed by atoms with Gasteiger partial charge in [-0.25, -0.2) is 4.79 Å². The molecule has 2 amide bonds. The number of hydrogen-bond donors (Lipinski definition) is 1. The third-order valence-corrected chi connectivity index (χ3v) is 2.59. The lowest BCUT2D eigenvalue weighted by atomic mass is 10.1. The van der Waals surface area contributed by atoms with Crippen molar-refractivity contribution in [2.75, 3.05) is 26.2 Å². The Morgan fingerprint density at radius 1 is 1.25 bits per heavy atom. The molecular weight excluding hydrogens is 208 g/mol. The maximum Gasteiger partial charge on any atom is 0.407 e. The van der Waals surface area contributed by atoms with Crippen LogP contribution in [0.2, 0.25) is 0 Å². The SMILES string of the molecule is CCOC(=O)NCCC(=O)N1CCCCC1. The van der Waals surface area contributed by atoms with Gasteiger partial charge in [-0.05, 0) is 26.2 Å². The van der Waals surface area contributed by atoms with Crippen LogP contribution in [0.5, 0.6) is 0 Å². The number of likely N-dealkylation sites (tertiary alicyclic amines) is 1. The maximum atomic E-state index is 11.7. The lowest BCUT2D eigenvalue weighted by Gasteiger charge is -2.26. The van der Waals surface area contributed by atoms with Crippen molar-refractivity contribution in [2.24, 2.45) is 0 Å². The van der Waals surface area contributed by atoms with Gasteiger partial charge in [0.15, 0.2) is 0 Å². The summed E-state index contributed by atoms with van der Waals surface area (Å²) in [7, 11) is 0. The minimum atomic E-state index is -0.450. The molecule has 1 N–H and O–H groups in total. The van der Waals surface area contributed by atoms with Crippen molar-refractivity contribution in [2.45, 2.75) is 32.6 Å². The molecule has 0 unspecified atom stereocenters. The summed E-state index contributed by atoms with van der Waals surface area (Å²) < 4.78 is 4.69. The van der Waals surface area contributed by atoms with Crippen molar-refractivity contribution in [1.82, 2.24) is 10.2 Å². The Kier molecular flexibility index (Phi) is 5.67. The first-order valence-corrected chi connectivity index (χ1v) is 5.92. The summed E-state index contributed by atoms with van der Waals surface area (Å²) in [4.78, 5) is 24.5. The van der Waals surface area contributed by atoms with Crippen LogP contribution in [0.25, 0.3) is 0 Å². The van der Waals surface area contributed by atoms with Crippen LogP contribution in [0, 0.1) is 0 Å². The van der Waals surface area contributed by atoms with Crippen molar-refractivity contribution < 1.29 is 14.3 Å². The zero-order valence-electron chi connectivity index (χ0n) is 9.83. The van der Waals surface area contributed by atoms with Gasteiger partial charge in [0.05, 0.1) is 6.61 Å². The van der Waals surface area contributed by atoms with Crippen LogP contribution in [0.1, 0.15) is 32.6 Å². The first-order valence-electron chi connectivity index (χ1n) is 5.92. The zero-order chi connectivity index (χ0) is 11.8. The lowest BCUT2D eigenvalue weighted by molar-refractivity contribution is -0.131. The summed E-state index contributed by atoms with van der Waals surface area (Å²) in [6.07, 6.45) is 3.31. The van der Waals surface area contributed by atoms with Crippen molar-refractivity contribution in [3.05, 3.63) is 0 Å². The number of ether oxygens (including phenoxy) is 1. The topological polar surface area (TPSA) is 58.6 Å². The molecule has 0 spiro atoms. The summed E-state index contributed by atoms with van der Waals surface area (Å²) in [5.41, 5.74) is 0. The van der Waals surface area contributed by atoms with E-state index in [2.05, 4.69) is 5.32 Å². The number of nitrogens with zero attached hydrogens (tertiary/aromatic N) is 1. The molecule has 1 fully saturated rings. The average Bonchev–Trinajstić information content (AvgIpc) is 2.30. The summed E-state index contributed by atoms with van der Waals surface area (Å²) >= 11 is 0. The van der Waals surface area contributed by atoms with Gasteiger partial charge in [0.25, 0.3) is 0 Å². The molecule has 1 rings (SSSR count). The maximum absolute atomic E-state index is 11.7. The molecule has 1 aliphatic rings. The Morgan fingerprint density at radius 2 is 1.94 bits per heavy atom. The van der Waals surface area contributed by atoms with E-state index in [0.717, 1.165) is 25.9 Å². The highest BCUT2D eigenvalue weighted by atomic mass is 16.5. The second-order valence-corrected chi connectivity index (χ2v) is 3.84. The van der Waals surface area contributed by atoms with Gasteiger partial charge in [-0.15, -0.1) is 0 Å². The fourth-order valence-electron chi connectivity index (χ4n) is 1.76. The van der Waals surface area contributed by atoms with Gasteiger partial charge in [-0.1, -0.05) is 0 Å². The van der Waals surface area contributed by atoms with Crippen molar-refractivity contribution >= 4 is 12.0 Å². The minimum absolute atomic E-state index is 0.122. The molecule has 0 bridgehead atoms. The third kappa shape index (κ3) is 4.51. The normalized spacial score (nSPS) is 15.7. The lowest BCUT2D eigenvalue weighted by Crippen LogP contribution is -2.37. The summed E-state index contributed by atoms with van der Waals surface area (Å²) in [6, 6.07) is 0. The third-order valence-electron chi connectivity index (χ3n) is 2.59. The molecule has 5 nitrogen and oxygen atoms in total. The van der Waals surface area contributed by atoms with Gasteiger partial charge in [-0.2, -0.15) is 0 Å². The predicted octanol–water partition coefficient (Wildman–Crippen LogP) is 1.14. The van der Waals surface area contributed by atoms with E-state index in [1.54, 1.807) is 6.92 Å². The van der Waals surface area contributed by atoms with Gasteiger partial charge in [0, 0.05) is 26.1 Å². The van der Waals surface area contributed by atoms with E-state index in [9.17, 15) is 9.59 Å². The summed E-state index contributed by atoms with van der Waals surface area (Å²) in [5.74, 6) is 0.122. The van der Waals surface area contributed by atoms with E-state index in [4.69, 9.17) is 4.74 Å². The molecule has 92 valence electrons. The van der Waals surface area contributed by atoms with Crippen LogP contribution in [0.3, 0.4) is 0 Å². The van der Waals surface area contributed by atoms with Gasteiger partial charge in [0.2, 0.25) is 5.91 Å². The van der Waals surface area contributed by atoms with E-state index in [1.807, 2.05) is 4.90 Å². The van der Waals surface area contributed by atoms with Crippen LogP contribution >= 0.6 is 0 Å². The van der Waals surface area contributed by atoms with Crippen molar-refractivity contribution in [3.63, 3.8) is 0 Å². The Hall–Kier alpha value is -1.26. The minimum Gasteiger partial charge on any atom is -0.450 e. The van der Waals surface area contributed by atoms with Gasteiger partial charge < -0.3 is 15.0 Å². The molecule has 16 heavy (non-hydrogen) atoms. The molecule has 0 aromatic rings. The van der Waals surface area contributed by atoms with Crippen LogP contribution in [0.15, 0.2) is 0 Å². The highest BCUT2D eigenvalue weighted by Crippen LogP contribution is 2.09. The fourth-order valence-corrected chi connectivity index (χ4v) is 1.76. The highest BCUT2D eigenvalue weighted by molar-refractivity contribution is 5.77. The zero-order valence-corrected chi connectivity index (χ0v) is 9.83. The Labute approximate surface area is 96.1 Å². The number of amides is 2. The predicted molar refractivity (Wildman–Crippen MR) is 60.1 cm³/mol. The van der Waals surface area contributed by atoms with Crippen molar-refractivity contribution in [1.29, 1.82) is 0 Å². The van der Waals surface area contributed by atoms with Crippen LogP contribution < -0.4 is 5.32 Å². The number of hydrogen-bond acceptors (Lipinski definition) is 3. The van der Waals surface area contributed by atoms with E-state index in [1.165, 1.54) is 6.42 Å². The van der Waals surface area contributed by atoms with Gasteiger partial charge in [0.1, 0.15) is 0 Å². The molecular formula is C11H20N2O3. The second-order valence-electron chi connectivity index (χ2n) is 3.84. The Bertz CT molecular complexity index is 237. The number of piperidine rings is 1. The molecule has 0 aromatic carbocycles. The fraction of sp³-hybridized carbons (Fsp3) is 0.818. The number of carbonyl (C=O) groups excluding carboxylic acids is 2. The number of carbonyl (C=O) groups is 2. The molecule has 0 saturated carbocycles. The summed E-state index contributed by atoms with van der Waals surface area (Å²) in [6.45, 7) is 4.18. The molecule has 1 heterocycles. The smallest absolute Gasteiger partial charge is 0.407 e. The van der Waals surface area contributed by atoms with Crippen LogP contribution in [-0.4, -0.2) is 43.1 Å². The molecule has 0 aliphatic carbocycles. The van der Waals surface area contributed by atoms with E-state index in [0.29, 0.717) is 19.6 Å². The molecule has 0 atom stereocenters. The van der Waals surface area contributed by atoms with Gasteiger partial charge in [-0.3, -0.25) is 4.79 Å². The number of nitrogens with one attached hydrogen (secondary N) is 1. The molecule has 1 saturated heterocycles. The summed E-state index contributed by atoms with van der Waals surface area (Å²) in [5, 5.41) is 2.54. The Morgan fingerprint density at radius 3 is 2.56 bits per heavy atom. The largest absolute Gasteiger partial charge is 0.450 e. The Balaban J connectivity index is 2.12. The molecule has 5 heteroatoms. The van der Waals surface area contributed by atoms with E-state index < -0.39 is 6.09 Å². The second kappa shape index (κ2) is 7.09.